The largest absolute Gasteiger partial charge is 0.493 e. The van der Waals surface area contributed by atoms with E-state index in [-0.39, 0.29) is 5.84 Å². The number of unbranched alkanes of at least 4 members (excludes halogenated alkanes) is 1. The lowest BCUT2D eigenvalue weighted by molar-refractivity contribution is 0.233. The van der Waals surface area contributed by atoms with Gasteiger partial charge in [0.2, 0.25) is 0 Å². The van der Waals surface area contributed by atoms with E-state index in [2.05, 4.69) is 13.8 Å². The molecule has 3 heteroatoms. The molecule has 0 spiro atoms. The van der Waals surface area contributed by atoms with Crippen LogP contribution in [0, 0.1) is 11.3 Å². The van der Waals surface area contributed by atoms with Crippen LogP contribution in [0.25, 0.3) is 0 Å². The second kappa shape index (κ2) is 7.75. The predicted molar refractivity (Wildman–Crippen MR) is 76.3 cm³/mol. The Labute approximate surface area is 110 Å². The second-order valence-corrected chi connectivity index (χ2v) is 4.64. The zero-order valence-corrected chi connectivity index (χ0v) is 11.4. The van der Waals surface area contributed by atoms with Crippen molar-refractivity contribution in [3.8, 4) is 5.75 Å². The summed E-state index contributed by atoms with van der Waals surface area (Å²) in [6.07, 6.45) is 4.80. The quantitative estimate of drug-likeness (QED) is 0.546. The maximum absolute atomic E-state index is 7.52. The Bertz CT molecular complexity index is 377. The first kappa shape index (κ1) is 14.6. The molecule has 3 N–H and O–H groups in total. The van der Waals surface area contributed by atoms with Crippen molar-refractivity contribution >= 4 is 5.84 Å². The Balaban J connectivity index is 2.59. The maximum Gasteiger partial charge on any atom is 0.130 e. The van der Waals surface area contributed by atoms with E-state index in [0.717, 1.165) is 12.2 Å². The number of ether oxygens (including phenoxy) is 1. The second-order valence-electron chi connectivity index (χ2n) is 4.64. The summed E-state index contributed by atoms with van der Waals surface area (Å²) in [6, 6.07) is 7.49. The van der Waals surface area contributed by atoms with E-state index in [1.165, 1.54) is 19.3 Å². The first-order valence-electron chi connectivity index (χ1n) is 6.75. The lowest BCUT2D eigenvalue weighted by Gasteiger charge is -2.17. The fourth-order valence-corrected chi connectivity index (χ4v) is 1.92. The summed E-state index contributed by atoms with van der Waals surface area (Å²) in [5.74, 6) is 1.37. The van der Waals surface area contributed by atoms with E-state index < -0.39 is 0 Å². The molecule has 0 aromatic heterocycles. The average molecular weight is 248 g/mol. The third kappa shape index (κ3) is 4.40. The van der Waals surface area contributed by atoms with Gasteiger partial charge in [-0.1, -0.05) is 45.2 Å². The van der Waals surface area contributed by atoms with Gasteiger partial charge < -0.3 is 10.5 Å². The minimum absolute atomic E-state index is 0.0622. The number of benzene rings is 1. The van der Waals surface area contributed by atoms with Crippen LogP contribution in [0.5, 0.6) is 5.75 Å². The van der Waals surface area contributed by atoms with Crippen molar-refractivity contribution < 1.29 is 4.74 Å². The summed E-state index contributed by atoms with van der Waals surface area (Å²) in [5.41, 5.74) is 6.22. The molecule has 0 aliphatic carbocycles. The van der Waals surface area contributed by atoms with Crippen LogP contribution in [0.3, 0.4) is 0 Å². The highest BCUT2D eigenvalue weighted by atomic mass is 16.5. The summed E-state index contributed by atoms with van der Waals surface area (Å²) in [5, 5.41) is 7.52. The van der Waals surface area contributed by atoms with Gasteiger partial charge in [0.1, 0.15) is 11.6 Å². The highest BCUT2D eigenvalue weighted by Gasteiger charge is 2.10. The van der Waals surface area contributed by atoms with Crippen LogP contribution < -0.4 is 10.5 Å². The van der Waals surface area contributed by atoms with E-state index in [1.54, 1.807) is 0 Å². The fourth-order valence-electron chi connectivity index (χ4n) is 1.92. The molecule has 0 aliphatic heterocycles. The fraction of sp³-hybridized carbons (Fsp3) is 0.533. The zero-order valence-electron chi connectivity index (χ0n) is 11.4. The van der Waals surface area contributed by atoms with Crippen LogP contribution in [-0.4, -0.2) is 12.4 Å². The number of amidine groups is 1. The molecule has 0 saturated carbocycles. The number of nitrogen functional groups attached to an aromatic ring is 1. The number of nitrogens with one attached hydrogen (secondary N) is 1. The summed E-state index contributed by atoms with van der Waals surface area (Å²) in [4.78, 5) is 0. The number of nitrogens with two attached hydrogens (primary N) is 1. The van der Waals surface area contributed by atoms with E-state index in [0.29, 0.717) is 18.1 Å². The van der Waals surface area contributed by atoms with Crippen LogP contribution in [0.4, 0.5) is 0 Å². The molecule has 0 aliphatic rings. The van der Waals surface area contributed by atoms with Gasteiger partial charge in [-0.2, -0.15) is 0 Å². The number of rotatable bonds is 8. The van der Waals surface area contributed by atoms with Gasteiger partial charge in [0, 0.05) is 0 Å². The SMILES string of the molecule is CCCCC(CC)COc1ccccc1C(=N)N. The van der Waals surface area contributed by atoms with Crippen molar-refractivity contribution in [1.82, 2.24) is 0 Å². The Kier molecular flexibility index (Phi) is 6.26. The highest BCUT2D eigenvalue weighted by molar-refractivity contribution is 5.97. The van der Waals surface area contributed by atoms with Crippen molar-refractivity contribution in [3.05, 3.63) is 29.8 Å². The van der Waals surface area contributed by atoms with Gasteiger partial charge in [0.05, 0.1) is 12.2 Å². The Morgan fingerprint density at radius 3 is 2.67 bits per heavy atom. The molecule has 1 atom stereocenters. The molecule has 0 fully saturated rings. The first-order valence-corrected chi connectivity index (χ1v) is 6.75. The van der Waals surface area contributed by atoms with Gasteiger partial charge in [-0.25, -0.2) is 0 Å². The molecule has 100 valence electrons. The van der Waals surface area contributed by atoms with E-state index in [1.807, 2.05) is 24.3 Å². The lowest BCUT2D eigenvalue weighted by Crippen LogP contribution is -2.16. The standard InChI is InChI=1S/C15H24N2O/c1-3-5-8-12(4-2)11-18-14-10-7-6-9-13(14)15(16)17/h6-7,9-10,12H,3-5,8,11H2,1-2H3,(H3,16,17). The summed E-state index contributed by atoms with van der Waals surface area (Å²) in [6.45, 7) is 5.11. The molecule has 1 aromatic rings. The smallest absolute Gasteiger partial charge is 0.130 e. The molecule has 1 aromatic carbocycles. The molecule has 1 rings (SSSR count). The molecule has 0 saturated heterocycles. The zero-order chi connectivity index (χ0) is 13.4. The highest BCUT2D eigenvalue weighted by Crippen LogP contribution is 2.20. The van der Waals surface area contributed by atoms with E-state index >= 15 is 0 Å². The minimum atomic E-state index is 0.0622. The monoisotopic (exact) mass is 248 g/mol. The first-order chi connectivity index (χ1) is 8.69. The molecule has 0 amide bonds. The summed E-state index contributed by atoms with van der Waals surface area (Å²) in [7, 11) is 0. The third-order valence-electron chi connectivity index (χ3n) is 3.20. The van der Waals surface area contributed by atoms with E-state index in [4.69, 9.17) is 15.9 Å². The van der Waals surface area contributed by atoms with Crippen molar-refractivity contribution in [2.75, 3.05) is 6.61 Å². The Hall–Kier alpha value is -1.51. The molecule has 18 heavy (non-hydrogen) atoms. The topological polar surface area (TPSA) is 59.1 Å². The predicted octanol–water partition coefficient (Wildman–Crippen LogP) is 3.57. The van der Waals surface area contributed by atoms with Gasteiger partial charge >= 0.3 is 0 Å². The normalized spacial score (nSPS) is 12.1. The van der Waals surface area contributed by atoms with Crippen LogP contribution in [0.2, 0.25) is 0 Å². The molecular weight excluding hydrogens is 224 g/mol. The molecule has 0 radical (unpaired) electrons. The molecule has 0 heterocycles. The third-order valence-corrected chi connectivity index (χ3v) is 3.20. The van der Waals surface area contributed by atoms with Gasteiger partial charge in [0.15, 0.2) is 0 Å². The minimum Gasteiger partial charge on any atom is -0.493 e. The molecular formula is C15H24N2O. The average Bonchev–Trinajstić information content (AvgIpc) is 2.39. The summed E-state index contributed by atoms with van der Waals surface area (Å²) < 4.78 is 5.83. The Morgan fingerprint density at radius 2 is 2.06 bits per heavy atom. The van der Waals surface area contributed by atoms with Crippen molar-refractivity contribution in [2.45, 2.75) is 39.5 Å². The van der Waals surface area contributed by atoms with E-state index in [9.17, 15) is 0 Å². The number of hydrogen-bond acceptors (Lipinski definition) is 2. The van der Waals surface area contributed by atoms with Crippen LogP contribution >= 0.6 is 0 Å². The van der Waals surface area contributed by atoms with Crippen molar-refractivity contribution in [1.29, 1.82) is 5.41 Å². The summed E-state index contributed by atoms with van der Waals surface area (Å²) >= 11 is 0. The van der Waals surface area contributed by atoms with Crippen LogP contribution in [0.1, 0.15) is 45.1 Å². The molecule has 3 nitrogen and oxygen atoms in total. The van der Waals surface area contributed by atoms with Gasteiger partial charge in [-0.05, 0) is 24.5 Å². The number of hydrogen-bond donors (Lipinski definition) is 2. The Morgan fingerprint density at radius 1 is 1.33 bits per heavy atom. The van der Waals surface area contributed by atoms with Crippen LogP contribution in [-0.2, 0) is 0 Å². The van der Waals surface area contributed by atoms with Crippen molar-refractivity contribution in [2.24, 2.45) is 11.7 Å². The molecule has 1 unspecified atom stereocenters. The lowest BCUT2D eigenvalue weighted by atomic mass is 10.0. The van der Waals surface area contributed by atoms with Gasteiger partial charge in [-0.3, -0.25) is 5.41 Å². The van der Waals surface area contributed by atoms with Gasteiger partial charge in [-0.15, -0.1) is 0 Å². The number of para-hydroxylation sites is 1. The maximum atomic E-state index is 7.52. The van der Waals surface area contributed by atoms with Gasteiger partial charge in [0.25, 0.3) is 0 Å². The molecule has 0 bridgehead atoms. The van der Waals surface area contributed by atoms with Crippen molar-refractivity contribution in [3.63, 3.8) is 0 Å². The van der Waals surface area contributed by atoms with Crippen LogP contribution in [0.15, 0.2) is 24.3 Å².